The van der Waals surface area contributed by atoms with Crippen LogP contribution in [0.25, 0.3) is 0 Å². The minimum atomic E-state index is -0.528. The molecule has 0 aliphatic rings. The molecule has 0 aliphatic heterocycles. The van der Waals surface area contributed by atoms with Gasteiger partial charge in [0.15, 0.2) is 0 Å². The number of hydrogen-bond donors (Lipinski definition) is 1. The van der Waals surface area contributed by atoms with E-state index in [0.29, 0.717) is 5.69 Å². The number of methoxy groups -OCH3 is 1. The molecule has 1 aromatic heterocycles. The van der Waals surface area contributed by atoms with Crippen LogP contribution in [0.4, 0.5) is 5.69 Å². The summed E-state index contributed by atoms with van der Waals surface area (Å²) in [7, 11) is 2.81. The molecule has 1 aromatic carbocycles. The van der Waals surface area contributed by atoms with Gasteiger partial charge in [0.1, 0.15) is 5.75 Å². The van der Waals surface area contributed by atoms with Gasteiger partial charge in [-0.05, 0) is 18.2 Å². The first-order valence-electron chi connectivity index (χ1n) is 6.14. The lowest BCUT2D eigenvalue weighted by Gasteiger charge is -2.19. The molecule has 0 radical (unpaired) electrons. The summed E-state index contributed by atoms with van der Waals surface area (Å²) in [6.07, 6.45) is 2.58. The van der Waals surface area contributed by atoms with Gasteiger partial charge in [-0.1, -0.05) is 12.1 Å². The number of hydrogen-bond acceptors (Lipinski definition) is 5. The molecule has 0 atom stereocenters. The van der Waals surface area contributed by atoms with E-state index in [4.69, 9.17) is 4.74 Å². The number of esters is 1. The summed E-state index contributed by atoms with van der Waals surface area (Å²) in [5.41, 5.74) is 0.916. The molecular formula is C15H14N2O4. The highest BCUT2D eigenvalue weighted by Gasteiger charge is 2.20. The zero-order chi connectivity index (χ0) is 15.4. The number of aromatic nitrogens is 1. The van der Waals surface area contributed by atoms with Gasteiger partial charge in [0.25, 0.3) is 5.91 Å². The SMILES string of the molecule is COC(=O)c1ccccc1N(C)C(=O)c1cncc(O)c1. The maximum absolute atomic E-state index is 12.4. The molecule has 0 bridgehead atoms. The highest BCUT2D eigenvalue weighted by Crippen LogP contribution is 2.22. The lowest BCUT2D eigenvalue weighted by molar-refractivity contribution is 0.0601. The van der Waals surface area contributed by atoms with Crippen molar-refractivity contribution in [2.75, 3.05) is 19.1 Å². The lowest BCUT2D eigenvalue weighted by Crippen LogP contribution is -2.28. The van der Waals surface area contributed by atoms with Crippen LogP contribution >= 0.6 is 0 Å². The van der Waals surface area contributed by atoms with Crippen molar-refractivity contribution in [3.63, 3.8) is 0 Å². The van der Waals surface area contributed by atoms with E-state index in [2.05, 4.69) is 4.98 Å². The third-order valence-corrected chi connectivity index (χ3v) is 2.95. The lowest BCUT2D eigenvalue weighted by atomic mass is 10.1. The Labute approximate surface area is 121 Å². The average Bonchev–Trinajstić information content (AvgIpc) is 2.52. The Bertz CT molecular complexity index is 685. The molecule has 6 nitrogen and oxygen atoms in total. The number of amides is 1. The second kappa shape index (κ2) is 6.04. The number of ether oxygens (including phenoxy) is 1. The molecule has 0 saturated heterocycles. The van der Waals surface area contributed by atoms with Crippen molar-refractivity contribution < 1.29 is 19.4 Å². The van der Waals surface area contributed by atoms with E-state index < -0.39 is 11.9 Å². The first kappa shape index (κ1) is 14.5. The van der Waals surface area contributed by atoms with Gasteiger partial charge in [0.2, 0.25) is 0 Å². The second-order valence-electron chi connectivity index (χ2n) is 4.30. The van der Waals surface area contributed by atoms with Gasteiger partial charge in [0, 0.05) is 13.2 Å². The van der Waals surface area contributed by atoms with Gasteiger partial charge >= 0.3 is 5.97 Å². The predicted molar refractivity (Wildman–Crippen MR) is 76.4 cm³/mol. The van der Waals surface area contributed by atoms with Gasteiger partial charge in [-0.2, -0.15) is 0 Å². The molecule has 1 amide bonds. The Morgan fingerprint density at radius 3 is 2.62 bits per heavy atom. The summed E-state index contributed by atoms with van der Waals surface area (Å²) < 4.78 is 4.70. The molecule has 1 N–H and O–H groups in total. The maximum atomic E-state index is 12.4. The Hall–Kier alpha value is -2.89. The molecule has 1 heterocycles. The Kier molecular flexibility index (Phi) is 4.18. The van der Waals surface area contributed by atoms with Gasteiger partial charge in [0.05, 0.1) is 30.1 Å². The zero-order valence-electron chi connectivity index (χ0n) is 11.6. The number of carbonyl (C=O) groups excluding carboxylic acids is 2. The summed E-state index contributed by atoms with van der Waals surface area (Å²) in [5, 5.41) is 9.39. The topological polar surface area (TPSA) is 79.7 Å². The van der Waals surface area contributed by atoms with Crippen molar-refractivity contribution in [1.29, 1.82) is 0 Å². The molecule has 0 saturated carbocycles. The number of carbonyl (C=O) groups is 2. The van der Waals surface area contributed by atoms with E-state index in [1.54, 1.807) is 24.3 Å². The number of pyridine rings is 1. The highest BCUT2D eigenvalue weighted by molar-refractivity contribution is 6.09. The Morgan fingerprint density at radius 1 is 1.24 bits per heavy atom. The van der Waals surface area contributed by atoms with Crippen molar-refractivity contribution in [1.82, 2.24) is 4.98 Å². The van der Waals surface area contributed by atoms with Crippen LogP contribution in [0.3, 0.4) is 0 Å². The third-order valence-electron chi connectivity index (χ3n) is 2.95. The molecule has 108 valence electrons. The highest BCUT2D eigenvalue weighted by atomic mass is 16.5. The average molecular weight is 286 g/mol. The molecule has 0 fully saturated rings. The summed E-state index contributed by atoms with van der Waals surface area (Å²) in [4.78, 5) is 29.2. The number of benzene rings is 1. The van der Waals surface area contributed by atoms with Crippen LogP contribution in [0.15, 0.2) is 42.7 Å². The summed E-state index contributed by atoms with van der Waals surface area (Å²) in [6, 6.07) is 7.93. The predicted octanol–water partition coefficient (Wildman–Crippen LogP) is 1.85. The van der Waals surface area contributed by atoms with Crippen LogP contribution in [-0.4, -0.2) is 36.1 Å². The molecule has 2 aromatic rings. The fourth-order valence-corrected chi connectivity index (χ4v) is 1.90. The summed E-state index contributed by atoms with van der Waals surface area (Å²) in [5.74, 6) is -1.02. The van der Waals surface area contributed by atoms with Crippen molar-refractivity contribution in [2.45, 2.75) is 0 Å². The van der Waals surface area contributed by atoms with E-state index in [-0.39, 0.29) is 16.9 Å². The number of nitrogens with zero attached hydrogens (tertiary/aromatic N) is 2. The first-order valence-corrected chi connectivity index (χ1v) is 6.14. The Morgan fingerprint density at radius 2 is 1.95 bits per heavy atom. The third kappa shape index (κ3) is 3.00. The molecular weight excluding hydrogens is 272 g/mol. The zero-order valence-corrected chi connectivity index (χ0v) is 11.6. The van der Waals surface area contributed by atoms with Crippen molar-refractivity contribution in [3.05, 3.63) is 53.9 Å². The Balaban J connectivity index is 2.38. The van der Waals surface area contributed by atoms with Crippen LogP contribution in [0, 0.1) is 0 Å². The monoisotopic (exact) mass is 286 g/mol. The van der Waals surface area contributed by atoms with Crippen LogP contribution in [-0.2, 0) is 4.74 Å². The minimum Gasteiger partial charge on any atom is -0.506 e. The fraction of sp³-hybridized carbons (Fsp3) is 0.133. The van der Waals surface area contributed by atoms with Gasteiger partial charge in [-0.15, -0.1) is 0 Å². The number of rotatable bonds is 3. The van der Waals surface area contributed by atoms with E-state index >= 15 is 0 Å². The molecule has 2 rings (SSSR count). The van der Waals surface area contributed by atoms with Crippen LogP contribution in [0.5, 0.6) is 5.75 Å². The summed E-state index contributed by atoms with van der Waals surface area (Å²) in [6.45, 7) is 0. The van der Waals surface area contributed by atoms with E-state index in [1.165, 1.54) is 37.5 Å². The number of para-hydroxylation sites is 1. The van der Waals surface area contributed by atoms with Crippen molar-refractivity contribution >= 4 is 17.6 Å². The normalized spacial score (nSPS) is 10.0. The van der Waals surface area contributed by atoms with Crippen LogP contribution < -0.4 is 4.90 Å². The molecule has 0 spiro atoms. The van der Waals surface area contributed by atoms with Gasteiger partial charge in [-0.25, -0.2) is 4.79 Å². The van der Waals surface area contributed by atoms with Crippen molar-refractivity contribution in [3.8, 4) is 5.75 Å². The van der Waals surface area contributed by atoms with Gasteiger partial charge in [-0.3, -0.25) is 9.78 Å². The van der Waals surface area contributed by atoms with E-state index in [1.807, 2.05) is 0 Å². The first-order chi connectivity index (χ1) is 10.0. The van der Waals surface area contributed by atoms with Crippen molar-refractivity contribution in [2.24, 2.45) is 0 Å². The van der Waals surface area contributed by atoms with E-state index in [0.717, 1.165) is 0 Å². The number of aromatic hydroxyl groups is 1. The quantitative estimate of drug-likeness (QED) is 0.871. The second-order valence-corrected chi connectivity index (χ2v) is 4.30. The smallest absolute Gasteiger partial charge is 0.339 e. The number of anilines is 1. The molecule has 6 heteroatoms. The standard InChI is InChI=1S/C15H14N2O4/c1-17(14(19)10-7-11(18)9-16-8-10)13-6-4-3-5-12(13)15(20)21-2/h3-9,18H,1-2H3. The largest absolute Gasteiger partial charge is 0.506 e. The van der Waals surface area contributed by atoms with Crippen LogP contribution in [0.2, 0.25) is 0 Å². The fourth-order valence-electron chi connectivity index (χ4n) is 1.90. The van der Waals surface area contributed by atoms with E-state index in [9.17, 15) is 14.7 Å². The van der Waals surface area contributed by atoms with Gasteiger partial charge < -0.3 is 14.7 Å². The molecule has 0 unspecified atom stereocenters. The molecule has 0 aliphatic carbocycles. The molecule has 21 heavy (non-hydrogen) atoms. The van der Waals surface area contributed by atoms with Crippen LogP contribution in [0.1, 0.15) is 20.7 Å². The summed E-state index contributed by atoms with van der Waals surface area (Å²) >= 11 is 0. The maximum Gasteiger partial charge on any atom is 0.339 e. The minimum absolute atomic E-state index is 0.101.